The van der Waals surface area contributed by atoms with Gasteiger partial charge >= 0.3 is 5.97 Å². The minimum atomic E-state index is -1.03. The Morgan fingerprint density at radius 2 is 1.54 bits per heavy atom. The van der Waals surface area contributed by atoms with E-state index in [0.29, 0.717) is 22.0 Å². The van der Waals surface area contributed by atoms with Crippen LogP contribution in [0.15, 0.2) is 72.8 Å². The molecular weight excluding hydrogens is 537 g/mol. The molecule has 0 spiro atoms. The van der Waals surface area contributed by atoms with Crippen LogP contribution in [0.5, 0.6) is 11.5 Å². The number of amides is 1. The molecule has 1 saturated heterocycles. The predicted molar refractivity (Wildman–Crippen MR) is 153 cm³/mol. The molecule has 1 aliphatic rings. The van der Waals surface area contributed by atoms with Gasteiger partial charge in [-0.05, 0) is 71.6 Å². The number of carbonyl (C=O) groups excluding carboxylic acids is 3. The monoisotopic (exact) mass is 567 g/mol. The highest BCUT2D eigenvalue weighted by atomic mass is 35.5. The molecule has 3 aromatic rings. The third kappa shape index (κ3) is 7.20. The molecular formula is C31H31Cl2NO5. The molecule has 0 aliphatic carbocycles. The van der Waals surface area contributed by atoms with Gasteiger partial charge in [-0.2, -0.15) is 0 Å². The van der Waals surface area contributed by atoms with Crippen molar-refractivity contribution in [2.24, 2.45) is 5.92 Å². The van der Waals surface area contributed by atoms with Gasteiger partial charge in [-0.15, -0.1) is 11.6 Å². The summed E-state index contributed by atoms with van der Waals surface area (Å²) in [5, 5.41) is 0.497. The second kappa shape index (κ2) is 12.2. The third-order valence-electron chi connectivity index (χ3n) is 6.61. The third-order valence-corrected chi connectivity index (χ3v) is 7.08. The highest BCUT2D eigenvalue weighted by Crippen LogP contribution is 2.31. The van der Waals surface area contributed by atoms with E-state index in [9.17, 15) is 14.4 Å². The molecule has 1 heterocycles. The molecule has 1 fully saturated rings. The van der Waals surface area contributed by atoms with E-state index >= 15 is 0 Å². The lowest BCUT2D eigenvalue weighted by molar-refractivity contribution is -0.151. The van der Waals surface area contributed by atoms with Crippen LogP contribution in [-0.2, 0) is 19.7 Å². The van der Waals surface area contributed by atoms with Crippen LogP contribution in [-0.4, -0.2) is 36.2 Å². The lowest BCUT2D eigenvalue weighted by Crippen LogP contribution is -2.32. The number of nitrogens with zero attached hydrogens (tertiary/aromatic N) is 1. The molecule has 3 aromatic carbocycles. The predicted octanol–water partition coefficient (Wildman–Crippen LogP) is 7.21. The first-order valence-corrected chi connectivity index (χ1v) is 13.7. The fourth-order valence-corrected chi connectivity index (χ4v) is 4.67. The van der Waals surface area contributed by atoms with E-state index in [1.54, 1.807) is 53.4 Å². The lowest BCUT2D eigenvalue weighted by atomic mass is 9.87. The van der Waals surface area contributed by atoms with Crippen molar-refractivity contribution in [3.63, 3.8) is 0 Å². The van der Waals surface area contributed by atoms with Crippen molar-refractivity contribution < 1.29 is 23.9 Å². The van der Waals surface area contributed by atoms with Gasteiger partial charge in [-0.1, -0.05) is 44.5 Å². The Balaban J connectivity index is 1.37. The number of Topliss-reactive ketones (excluding diaryl/α,β-unsaturated/α-hetero) is 1. The fraction of sp³-hybridized carbons (Fsp3) is 0.323. The van der Waals surface area contributed by atoms with Gasteiger partial charge in [0.1, 0.15) is 11.5 Å². The Bertz CT molecular complexity index is 1320. The number of rotatable bonds is 9. The molecule has 2 atom stereocenters. The maximum atomic E-state index is 12.9. The zero-order valence-electron chi connectivity index (χ0n) is 22.2. The number of ether oxygens (including phenoxy) is 2. The Morgan fingerprint density at radius 1 is 0.949 bits per heavy atom. The van der Waals surface area contributed by atoms with Crippen LogP contribution < -0.4 is 9.64 Å². The fourth-order valence-electron chi connectivity index (χ4n) is 4.35. The van der Waals surface area contributed by atoms with Gasteiger partial charge in [-0.3, -0.25) is 14.4 Å². The molecule has 1 amide bonds. The van der Waals surface area contributed by atoms with Gasteiger partial charge < -0.3 is 14.4 Å². The normalized spacial score (nSPS) is 16.2. The zero-order valence-corrected chi connectivity index (χ0v) is 23.7. The van der Waals surface area contributed by atoms with E-state index in [4.69, 9.17) is 32.7 Å². The number of carbonyl (C=O) groups is 3. The molecule has 8 heteroatoms. The first kappa shape index (κ1) is 28.7. The van der Waals surface area contributed by atoms with Gasteiger partial charge in [0.15, 0.2) is 6.10 Å². The summed E-state index contributed by atoms with van der Waals surface area (Å²) < 4.78 is 11.5. The average molecular weight is 568 g/mol. The van der Waals surface area contributed by atoms with Crippen molar-refractivity contribution in [2.75, 3.05) is 17.3 Å². The van der Waals surface area contributed by atoms with Gasteiger partial charge in [0.2, 0.25) is 11.7 Å². The first-order valence-electron chi connectivity index (χ1n) is 12.8. The van der Waals surface area contributed by atoms with E-state index in [1.807, 2.05) is 24.3 Å². The molecule has 0 bridgehead atoms. The van der Waals surface area contributed by atoms with Crippen molar-refractivity contribution >= 4 is 46.5 Å². The first-order chi connectivity index (χ1) is 18.5. The summed E-state index contributed by atoms with van der Waals surface area (Å²) in [7, 11) is 0. The number of benzene rings is 3. The van der Waals surface area contributed by atoms with Crippen LogP contribution in [0.3, 0.4) is 0 Å². The van der Waals surface area contributed by atoms with Crippen molar-refractivity contribution in [3.8, 4) is 11.5 Å². The molecule has 204 valence electrons. The molecule has 0 N–H and O–H groups in total. The largest absolute Gasteiger partial charge is 0.457 e. The summed E-state index contributed by atoms with van der Waals surface area (Å²) >= 11 is 11.8. The van der Waals surface area contributed by atoms with E-state index in [-0.39, 0.29) is 42.4 Å². The number of hydrogen-bond donors (Lipinski definition) is 0. The number of hydrogen-bond acceptors (Lipinski definition) is 5. The minimum Gasteiger partial charge on any atom is -0.457 e. The molecule has 39 heavy (non-hydrogen) atoms. The standard InChI is InChI=1S/C31H31Cl2NO5/c1-31(2,3)22-6-12-25(13-7-22)38-26-14-10-24(11-15-26)34-19-21(18-28(34)35)30(37)39-27(16-17-32)29(36)20-4-8-23(33)9-5-20/h4-15,21,27H,16-19H2,1-3H3/t21-,27-/m1/s1. The second-order valence-corrected chi connectivity index (χ2v) is 11.4. The van der Waals surface area contributed by atoms with E-state index in [0.717, 1.165) is 5.75 Å². The van der Waals surface area contributed by atoms with E-state index < -0.39 is 18.0 Å². The quantitative estimate of drug-likeness (QED) is 0.155. The number of anilines is 1. The van der Waals surface area contributed by atoms with Crippen LogP contribution in [0.1, 0.15) is 49.5 Å². The molecule has 0 aromatic heterocycles. The van der Waals surface area contributed by atoms with Crippen molar-refractivity contribution in [1.29, 1.82) is 0 Å². The molecule has 0 unspecified atom stereocenters. The maximum Gasteiger partial charge on any atom is 0.312 e. The number of ketones is 1. The molecule has 6 nitrogen and oxygen atoms in total. The topological polar surface area (TPSA) is 72.9 Å². The van der Waals surface area contributed by atoms with Crippen LogP contribution in [0.2, 0.25) is 5.02 Å². The lowest BCUT2D eigenvalue weighted by Gasteiger charge is -2.20. The summed E-state index contributed by atoms with van der Waals surface area (Å²) in [6.45, 7) is 6.63. The van der Waals surface area contributed by atoms with Crippen LogP contribution >= 0.6 is 23.2 Å². The van der Waals surface area contributed by atoms with Crippen molar-refractivity contribution in [3.05, 3.63) is 88.9 Å². The average Bonchev–Trinajstić information content (AvgIpc) is 3.30. The number of esters is 1. The summed E-state index contributed by atoms with van der Waals surface area (Å²) in [4.78, 5) is 40.2. The van der Waals surface area contributed by atoms with Gasteiger partial charge in [0.25, 0.3) is 0 Å². The van der Waals surface area contributed by atoms with Crippen LogP contribution in [0.25, 0.3) is 0 Å². The Hall–Kier alpha value is -3.35. The molecule has 4 rings (SSSR count). The minimum absolute atomic E-state index is 0.0000589. The SMILES string of the molecule is CC(C)(C)c1ccc(Oc2ccc(N3C[C@H](C(=O)O[C@H](CCCl)C(=O)c4ccc(Cl)cc4)CC3=O)cc2)cc1. The molecule has 0 radical (unpaired) electrons. The Labute approximate surface area is 238 Å². The maximum absolute atomic E-state index is 12.9. The van der Waals surface area contributed by atoms with E-state index in [1.165, 1.54) is 5.56 Å². The number of alkyl halides is 1. The second-order valence-electron chi connectivity index (χ2n) is 10.6. The highest BCUT2D eigenvalue weighted by molar-refractivity contribution is 6.30. The summed E-state index contributed by atoms with van der Waals surface area (Å²) in [5.74, 6) is -0.341. The number of halogens is 2. The Kier molecular flexibility index (Phi) is 8.98. The molecule has 1 aliphatic heterocycles. The van der Waals surface area contributed by atoms with Crippen molar-refractivity contribution in [2.45, 2.75) is 45.1 Å². The van der Waals surface area contributed by atoms with Gasteiger partial charge in [0.05, 0.1) is 5.92 Å². The highest BCUT2D eigenvalue weighted by Gasteiger charge is 2.38. The summed E-state index contributed by atoms with van der Waals surface area (Å²) in [6, 6.07) is 21.5. The van der Waals surface area contributed by atoms with Crippen LogP contribution in [0.4, 0.5) is 5.69 Å². The summed E-state index contributed by atoms with van der Waals surface area (Å²) in [5.41, 5.74) is 2.30. The van der Waals surface area contributed by atoms with E-state index in [2.05, 4.69) is 20.8 Å². The molecule has 0 saturated carbocycles. The van der Waals surface area contributed by atoms with Gasteiger partial charge in [-0.25, -0.2) is 0 Å². The van der Waals surface area contributed by atoms with Gasteiger partial charge in [0, 0.05) is 41.5 Å². The Morgan fingerprint density at radius 3 is 2.10 bits per heavy atom. The zero-order chi connectivity index (χ0) is 28.2. The van der Waals surface area contributed by atoms with Crippen LogP contribution in [0, 0.1) is 5.92 Å². The van der Waals surface area contributed by atoms with Crippen molar-refractivity contribution in [1.82, 2.24) is 0 Å². The smallest absolute Gasteiger partial charge is 0.312 e. The summed E-state index contributed by atoms with van der Waals surface area (Å²) in [6.07, 6.45) is -0.867.